The van der Waals surface area contributed by atoms with Gasteiger partial charge in [0.05, 0.1) is 17.8 Å². The summed E-state index contributed by atoms with van der Waals surface area (Å²) in [5, 5.41) is 5.10. The number of amides is 3. The van der Waals surface area contributed by atoms with Crippen LogP contribution in [0.1, 0.15) is 35.3 Å². The van der Waals surface area contributed by atoms with Crippen molar-refractivity contribution < 1.29 is 23.5 Å². The minimum absolute atomic E-state index is 0.239. The first-order chi connectivity index (χ1) is 14.7. The van der Waals surface area contributed by atoms with Crippen molar-refractivity contribution in [3.8, 4) is 0 Å². The SMILES string of the molecule is CC1(C)OC(=C2C(=O)Nc3cc(F)ccc32)C=C1c1ccc(C(=O)NCC(N)=O)cc1. The zero-order valence-electron chi connectivity index (χ0n) is 16.9. The van der Waals surface area contributed by atoms with Gasteiger partial charge in [-0.2, -0.15) is 0 Å². The van der Waals surface area contributed by atoms with Gasteiger partial charge in [-0.05, 0) is 55.8 Å². The van der Waals surface area contributed by atoms with Crippen LogP contribution >= 0.6 is 0 Å². The van der Waals surface area contributed by atoms with E-state index in [1.165, 1.54) is 12.1 Å². The molecule has 2 aliphatic rings. The number of fused-ring (bicyclic) bond motifs is 1. The second-order valence-corrected chi connectivity index (χ2v) is 7.78. The number of carbonyl (C=O) groups excluding carboxylic acids is 3. The number of allylic oxidation sites excluding steroid dienone is 1. The Kier molecular flexibility index (Phi) is 4.85. The molecule has 7 nitrogen and oxygen atoms in total. The van der Waals surface area contributed by atoms with E-state index in [1.54, 1.807) is 36.4 Å². The molecule has 2 aliphatic heterocycles. The molecule has 0 aliphatic carbocycles. The first-order valence-corrected chi connectivity index (χ1v) is 9.59. The van der Waals surface area contributed by atoms with Crippen molar-refractivity contribution in [3.63, 3.8) is 0 Å². The number of benzene rings is 2. The number of hydrogen-bond donors (Lipinski definition) is 3. The predicted octanol–water partition coefficient (Wildman–Crippen LogP) is 2.60. The number of hydrogen-bond acceptors (Lipinski definition) is 4. The highest BCUT2D eigenvalue weighted by Gasteiger charge is 2.38. The molecule has 2 heterocycles. The lowest BCUT2D eigenvalue weighted by molar-refractivity contribution is -0.117. The van der Waals surface area contributed by atoms with Crippen LogP contribution in [-0.4, -0.2) is 29.9 Å². The van der Waals surface area contributed by atoms with Crippen molar-refractivity contribution >= 4 is 34.6 Å². The maximum Gasteiger partial charge on any atom is 0.260 e. The molecule has 0 saturated heterocycles. The fourth-order valence-corrected chi connectivity index (χ4v) is 3.68. The van der Waals surface area contributed by atoms with Crippen LogP contribution in [0.25, 0.3) is 11.1 Å². The summed E-state index contributed by atoms with van der Waals surface area (Å²) in [6, 6.07) is 10.9. The highest BCUT2D eigenvalue weighted by atomic mass is 19.1. The molecule has 2 aromatic rings. The summed E-state index contributed by atoms with van der Waals surface area (Å²) in [7, 11) is 0. The third-order valence-electron chi connectivity index (χ3n) is 5.14. The van der Waals surface area contributed by atoms with Gasteiger partial charge in [-0.3, -0.25) is 14.4 Å². The summed E-state index contributed by atoms with van der Waals surface area (Å²) in [4.78, 5) is 35.4. The Hall–Kier alpha value is -3.94. The van der Waals surface area contributed by atoms with Gasteiger partial charge < -0.3 is 21.1 Å². The Labute approximate surface area is 177 Å². The van der Waals surface area contributed by atoms with Crippen LogP contribution in [0.5, 0.6) is 0 Å². The van der Waals surface area contributed by atoms with Crippen LogP contribution in [0.4, 0.5) is 10.1 Å². The van der Waals surface area contributed by atoms with Crippen molar-refractivity contribution in [1.82, 2.24) is 5.32 Å². The van der Waals surface area contributed by atoms with Gasteiger partial charge >= 0.3 is 0 Å². The highest BCUT2D eigenvalue weighted by Crippen LogP contribution is 2.44. The Morgan fingerprint density at radius 1 is 1.16 bits per heavy atom. The summed E-state index contributed by atoms with van der Waals surface area (Å²) in [5.41, 5.74) is 7.65. The Balaban J connectivity index is 1.67. The molecule has 4 N–H and O–H groups in total. The number of rotatable bonds is 4. The van der Waals surface area contributed by atoms with E-state index in [0.717, 1.165) is 11.1 Å². The summed E-state index contributed by atoms with van der Waals surface area (Å²) >= 11 is 0. The lowest BCUT2D eigenvalue weighted by Gasteiger charge is -2.23. The van der Waals surface area contributed by atoms with Crippen LogP contribution in [-0.2, 0) is 14.3 Å². The number of anilines is 1. The van der Waals surface area contributed by atoms with Crippen LogP contribution in [0.3, 0.4) is 0 Å². The minimum Gasteiger partial charge on any atom is -0.482 e. The van der Waals surface area contributed by atoms with Gasteiger partial charge in [-0.1, -0.05) is 12.1 Å². The molecular weight excluding hydrogens is 401 g/mol. The first-order valence-electron chi connectivity index (χ1n) is 9.59. The highest BCUT2D eigenvalue weighted by molar-refractivity contribution is 6.32. The minimum atomic E-state index is -0.735. The molecule has 0 saturated carbocycles. The Morgan fingerprint density at radius 2 is 1.87 bits per heavy atom. The molecule has 0 aromatic heterocycles. The van der Waals surface area contributed by atoms with E-state index in [0.29, 0.717) is 28.1 Å². The van der Waals surface area contributed by atoms with Crippen molar-refractivity contribution in [2.24, 2.45) is 5.73 Å². The Bertz CT molecular complexity index is 1180. The van der Waals surface area contributed by atoms with E-state index in [4.69, 9.17) is 10.5 Å². The largest absolute Gasteiger partial charge is 0.482 e. The van der Waals surface area contributed by atoms with Gasteiger partial charge in [-0.15, -0.1) is 0 Å². The van der Waals surface area contributed by atoms with Crippen molar-refractivity contribution in [2.75, 3.05) is 11.9 Å². The lowest BCUT2D eigenvalue weighted by Crippen LogP contribution is -2.33. The molecule has 0 fully saturated rings. The van der Waals surface area contributed by atoms with Gasteiger partial charge in [-0.25, -0.2) is 4.39 Å². The number of ether oxygens (including phenoxy) is 1. The van der Waals surface area contributed by atoms with E-state index in [-0.39, 0.29) is 12.5 Å². The molecule has 4 rings (SSSR count). The zero-order valence-corrected chi connectivity index (χ0v) is 16.9. The molecule has 3 amide bonds. The van der Waals surface area contributed by atoms with Crippen LogP contribution in [0.2, 0.25) is 0 Å². The summed E-state index contributed by atoms with van der Waals surface area (Å²) in [5.74, 6) is -1.43. The van der Waals surface area contributed by atoms with Gasteiger partial charge in [0.15, 0.2) is 0 Å². The average molecular weight is 421 g/mol. The van der Waals surface area contributed by atoms with Crippen molar-refractivity contribution in [3.05, 3.63) is 76.8 Å². The number of carbonyl (C=O) groups is 3. The van der Waals surface area contributed by atoms with E-state index >= 15 is 0 Å². The third kappa shape index (κ3) is 3.79. The van der Waals surface area contributed by atoms with Crippen LogP contribution in [0, 0.1) is 5.82 Å². The summed E-state index contributed by atoms with van der Waals surface area (Å²) in [6.07, 6.45) is 1.79. The van der Waals surface area contributed by atoms with Gasteiger partial charge in [0.2, 0.25) is 5.91 Å². The third-order valence-corrected chi connectivity index (χ3v) is 5.14. The van der Waals surface area contributed by atoms with Crippen molar-refractivity contribution in [2.45, 2.75) is 19.4 Å². The van der Waals surface area contributed by atoms with E-state index in [1.807, 2.05) is 13.8 Å². The second-order valence-electron chi connectivity index (χ2n) is 7.78. The average Bonchev–Trinajstić information content (AvgIpc) is 3.20. The molecule has 0 radical (unpaired) electrons. The van der Waals surface area contributed by atoms with Gasteiger partial charge in [0.25, 0.3) is 11.8 Å². The second kappa shape index (κ2) is 7.39. The van der Waals surface area contributed by atoms with E-state index in [9.17, 15) is 18.8 Å². The maximum absolute atomic E-state index is 13.5. The fraction of sp³-hybridized carbons (Fsp3) is 0.174. The summed E-state index contributed by atoms with van der Waals surface area (Å²) in [6.45, 7) is 3.51. The molecule has 2 aromatic carbocycles. The summed E-state index contributed by atoms with van der Waals surface area (Å²) < 4.78 is 19.6. The Morgan fingerprint density at radius 3 is 2.55 bits per heavy atom. The maximum atomic E-state index is 13.5. The topological polar surface area (TPSA) is 111 Å². The smallest absolute Gasteiger partial charge is 0.260 e. The zero-order chi connectivity index (χ0) is 22.3. The van der Waals surface area contributed by atoms with Crippen molar-refractivity contribution in [1.29, 1.82) is 0 Å². The van der Waals surface area contributed by atoms with Gasteiger partial charge in [0, 0.05) is 16.7 Å². The van der Waals surface area contributed by atoms with Crippen LogP contribution < -0.4 is 16.4 Å². The fourth-order valence-electron chi connectivity index (χ4n) is 3.68. The molecule has 0 unspecified atom stereocenters. The standard InChI is InChI=1S/C23H20FN3O4/c1-23(2)16(12-3-5-13(6-4-12)21(29)26-11-19(25)28)10-18(31-23)20-15-8-7-14(24)9-17(15)27-22(20)30/h3-10H,11H2,1-2H3,(H2,25,28)(H,26,29)(H,27,30). The molecule has 8 heteroatoms. The first kappa shape index (κ1) is 20.3. The predicted molar refractivity (Wildman–Crippen MR) is 113 cm³/mol. The van der Waals surface area contributed by atoms with Crippen LogP contribution in [0.15, 0.2) is 54.3 Å². The molecule has 0 bridgehead atoms. The molecular formula is C23H20FN3O4. The molecule has 158 valence electrons. The quantitative estimate of drug-likeness (QED) is 0.659. The van der Waals surface area contributed by atoms with Gasteiger partial charge in [0.1, 0.15) is 17.2 Å². The lowest BCUT2D eigenvalue weighted by atomic mass is 9.91. The monoisotopic (exact) mass is 421 g/mol. The number of halogens is 1. The number of nitrogens with one attached hydrogen (secondary N) is 2. The molecule has 0 atom stereocenters. The molecule has 31 heavy (non-hydrogen) atoms. The normalized spacial score (nSPS) is 18.7. The number of primary amides is 1. The molecule has 0 spiro atoms. The number of nitrogens with two attached hydrogens (primary N) is 1. The van der Waals surface area contributed by atoms with E-state index < -0.39 is 23.2 Å². The van der Waals surface area contributed by atoms with E-state index in [2.05, 4.69) is 10.6 Å².